The van der Waals surface area contributed by atoms with Gasteiger partial charge in [0.25, 0.3) is 0 Å². The Bertz CT molecular complexity index is 381. The minimum Gasteiger partial charge on any atom is -0.731 e. The van der Waals surface area contributed by atoms with Crippen LogP contribution < -0.4 is 34.3 Å². The van der Waals surface area contributed by atoms with E-state index in [9.17, 15) is 13.0 Å². The van der Waals surface area contributed by atoms with E-state index in [1.54, 1.807) is 10.8 Å². The summed E-state index contributed by atoms with van der Waals surface area (Å²) in [6.45, 7) is 0. The van der Waals surface area contributed by atoms with Crippen molar-refractivity contribution < 1.29 is 42.5 Å². The first-order valence-electron chi connectivity index (χ1n) is 2.96. The molecule has 1 aromatic carbocycles. The zero-order chi connectivity index (χ0) is 9.19. The van der Waals surface area contributed by atoms with Crippen molar-refractivity contribution in [2.24, 2.45) is 0 Å². The van der Waals surface area contributed by atoms with Gasteiger partial charge in [-0.25, -0.2) is 8.42 Å². The summed E-state index contributed by atoms with van der Waals surface area (Å²) >= 11 is 5.54. The molecule has 0 aliphatic rings. The van der Waals surface area contributed by atoms with Crippen LogP contribution in [0.3, 0.4) is 0 Å². The number of halogens is 1. The summed E-state index contributed by atoms with van der Waals surface area (Å²) in [5.41, 5.74) is 0.164. The van der Waals surface area contributed by atoms with Gasteiger partial charge in [0, 0.05) is 10.7 Å². The van der Waals surface area contributed by atoms with E-state index in [1.165, 1.54) is 18.2 Å². The van der Waals surface area contributed by atoms with Crippen molar-refractivity contribution in [2.45, 2.75) is 0 Å². The minimum atomic E-state index is -4.45. The fourth-order valence-electron chi connectivity index (χ4n) is 0.696. The first kappa shape index (κ1) is 13.2. The Labute approximate surface area is 103 Å². The maximum atomic E-state index is 10.2. The van der Waals surface area contributed by atoms with Gasteiger partial charge in [-0.2, -0.15) is 0 Å². The van der Waals surface area contributed by atoms with Crippen LogP contribution in [0.4, 0.5) is 5.69 Å². The smallest absolute Gasteiger partial charge is 0.731 e. The molecule has 13 heavy (non-hydrogen) atoms. The van der Waals surface area contributed by atoms with Crippen LogP contribution in [0, 0.1) is 0 Å². The molecule has 0 saturated carbocycles. The number of hydrogen-bond donors (Lipinski definition) is 1. The number of hydrogen-bond acceptors (Lipinski definition) is 3. The quantitative estimate of drug-likeness (QED) is 0.481. The zero-order valence-electron chi connectivity index (χ0n) is 6.82. The average molecular weight is 230 g/mol. The largest absolute Gasteiger partial charge is 1.00 e. The molecule has 0 aromatic heterocycles. The van der Waals surface area contributed by atoms with Crippen LogP contribution in [-0.2, 0) is 10.3 Å². The Hall–Kier alpha value is 0.220. The molecule has 0 atom stereocenters. The van der Waals surface area contributed by atoms with Gasteiger partial charge in [-0.1, -0.05) is 17.7 Å². The van der Waals surface area contributed by atoms with Gasteiger partial charge in [-0.05, 0) is 18.2 Å². The molecule has 0 heterocycles. The first-order chi connectivity index (χ1) is 5.47. The van der Waals surface area contributed by atoms with Crippen molar-refractivity contribution in [2.75, 3.05) is 4.72 Å². The molecule has 1 N–H and O–H groups in total. The monoisotopic (exact) mass is 229 g/mol. The van der Waals surface area contributed by atoms with Gasteiger partial charge in [-0.3, -0.25) is 4.72 Å². The van der Waals surface area contributed by atoms with Crippen molar-refractivity contribution in [3.63, 3.8) is 0 Å². The molecule has 0 radical (unpaired) electrons. The van der Waals surface area contributed by atoms with Crippen molar-refractivity contribution in [1.82, 2.24) is 0 Å². The molecule has 0 saturated heterocycles. The molecule has 0 aliphatic heterocycles. The topological polar surface area (TPSA) is 69.2 Å². The number of anilines is 1. The molecule has 0 bridgehead atoms. The second-order valence-corrected chi connectivity index (χ2v) is 3.62. The van der Waals surface area contributed by atoms with Gasteiger partial charge in [0.2, 0.25) is 0 Å². The third-order valence-electron chi connectivity index (χ3n) is 1.07. The molecule has 7 heteroatoms. The first-order valence-corrected chi connectivity index (χ1v) is 4.75. The summed E-state index contributed by atoms with van der Waals surface area (Å²) in [7, 11) is -4.45. The van der Waals surface area contributed by atoms with Crippen molar-refractivity contribution in [3.8, 4) is 0 Å². The molecule has 0 aliphatic carbocycles. The Morgan fingerprint density at radius 1 is 1.38 bits per heavy atom. The van der Waals surface area contributed by atoms with E-state index in [-0.39, 0.29) is 35.2 Å². The molecular weight excluding hydrogens is 225 g/mol. The van der Waals surface area contributed by atoms with Crippen molar-refractivity contribution in [1.29, 1.82) is 0 Å². The Morgan fingerprint density at radius 3 is 2.46 bits per heavy atom. The normalized spacial score (nSPS) is 10.3. The minimum absolute atomic E-state index is 0. The van der Waals surface area contributed by atoms with Gasteiger partial charge in [0.05, 0.1) is 0 Å². The maximum Gasteiger partial charge on any atom is 1.00 e. The van der Waals surface area contributed by atoms with E-state index in [4.69, 9.17) is 11.6 Å². The third kappa shape index (κ3) is 5.51. The van der Waals surface area contributed by atoms with E-state index in [1.807, 2.05) is 0 Å². The second kappa shape index (κ2) is 5.19. The number of nitrogens with one attached hydrogen (secondary N) is 1. The summed E-state index contributed by atoms with van der Waals surface area (Å²) in [6, 6.07) is 5.89. The number of benzene rings is 1. The Balaban J connectivity index is 0.00000144. The number of rotatable bonds is 2. The molecule has 0 fully saturated rings. The van der Waals surface area contributed by atoms with Crippen LogP contribution in [0.25, 0.3) is 0 Å². The standard InChI is InChI=1S/C6H6ClNO3S.Na/c7-5-2-1-3-6(4-5)8-12(9,10)11;/h1-4,8H,(H,9,10,11);/q;+1/p-1. The molecule has 0 amide bonds. The zero-order valence-corrected chi connectivity index (χ0v) is 10.4. The Kier molecular flexibility index (Phi) is 5.28. The molecule has 66 valence electrons. The van der Waals surface area contributed by atoms with Gasteiger partial charge in [-0.15, -0.1) is 0 Å². The predicted molar refractivity (Wildman–Crippen MR) is 44.8 cm³/mol. The van der Waals surface area contributed by atoms with Crippen LogP contribution in [0.1, 0.15) is 0 Å². The van der Waals surface area contributed by atoms with Crippen molar-refractivity contribution >= 4 is 27.6 Å². The van der Waals surface area contributed by atoms with E-state index in [2.05, 4.69) is 0 Å². The van der Waals surface area contributed by atoms with Gasteiger partial charge < -0.3 is 4.55 Å². The molecule has 1 rings (SSSR count). The fraction of sp³-hybridized carbons (Fsp3) is 0. The summed E-state index contributed by atoms with van der Waals surface area (Å²) in [5.74, 6) is 0. The summed E-state index contributed by atoms with van der Waals surface area (Å²) in [4.78, 5) is 0. The molecule has 0 spiro atoms. The molecule has 0 unspecified atom stereocenters. The fourth-order valence-corrected chi connectivity index (χ4v) is 1.30. The van der Waals surface area contributed by atoms with E-state index < -0.39 is 10.3 Å². The molecule has 1 aromatic rings. The van der Waals surface area contributed by atoms with Gasteiger partial charge in [0.1, 0.15) is 0 Å². The van der Waals surface area contributed by atoms with Crippen LogP contribution in [0.2, 0.25) is 5.02 Å². The van der Waals surface area contributed by atoms with Gasteiger partial charge in [0.15, 0.2) is 10.3 Å². The third-order valence-corrected chi connectivity index (χ3v) is 1.79. The van der Waals surface area contributed by atoms with E-state index >= 15 is 0 Å². The summed E-state index contributed by atoms with van der Waals surface area (Å²) in [5, 5.41) is 0.364. The van der Waals surface area contributed by atoms with E-state index in [0.29, 0.717) is 5.02 Å². The molecule has 4 nitrogen and oxygen atoms in total. The average Bonchev–Trinajstić information content (AvgIpc) is 1.82. The van der Waals surface area contributed by atoms with Gasteiger partial charge >= 0.3 is 29.6 Å². The SMILES string of the molecule is O=S(=O)([O-])Nc1cccc(Cl)c1.[Na+]. The molecular formula is C6H5ClNNaO3S. The van der Waals surface area contributed by atoms with Crippen LogP contribution >= 0.6 is 11.6 Å². The summed E-state index contributed by atoms with van der Waals surface area (Å²) < 4.78 is 32.4. The maximum absolute atomic E-state index is 10.2. The van der Waals surface area contributed by atoms with E-state index in [0.717, 1.165) is 0 Å². The Morgan fingerprint density at radius 2 is 2.00 bits per heavy atom. The summed E-state index contributed by atoms with van der Waals surface area (Å²) in [6.07, 6.45) is 0. The second-order valence-electron chi connectivity index (χ2n) is 2.07. The predicted octanol–water partition coefficient (Wildman–Crippen LogP) is -1.78. The van der Waals surface area contributed by atoms with Crippen LogP contribution in [-0.4, -0.2) is 13.0 Å². The van der Waals surface area contributed by atoms with Crippen LogP contribution in [0.5, 0.6) is 0 Å². The van der Waals surface area contributed by atoms with Crippen LogP contribution in [0.15, 0.2) is 24.3 Å². The van der Waals surface area contributed by atoms with Crippen molar-refractivity contribution in [3.05, 3.63) is 29.3 Å².